The molecule has 2 aromatic rings. The summed E-state index contributed by atoms with van der Waals surface area (Å²) in [5, 5.41) is 6.54. The van der Waals surface area contributed by atoms with E-state index in [1.54, 1.807) is 36.0 Å². The summed E-state index contributed by atoms with van der Waals surface area (Å²) >= 11 is 0. The Morgan fingerprint density at radius 1 is 1.19 bits per heavy atom. The predicted molar refractivity (Wildman–Crippen MR) is 113 cm³/mol. The van der Waals surface area contributed by atoms with Crippen LogP contribution in [-0.4, -0.2) is 54.5 Å². The van der Waals surface area contributed by atoms with Crippen molar-refractivity contribution in [1.29, 1.82) is 0 Å². The lowest BCUT2D eigenvalue weighted by Crippen LogP contribution is -2.44. The molecule has 1 N–H and O–H groups in total. The van der Waals surface area contributed by atoms with E-state index in [1.807, 2.05) is 18.2 Å². The number of methoxy groups -OCH3 is 1. The number of carbonyl (C=O) groups excluding carboxylic acids is 3. The zero-order chi connectivity index (χ0) is 22.0. The maximum atomic E-state index is 13.0. The molecule has 31 heavy (non-hydrogen) atoms. The lowest BCUT2D eigenvalue weighted by atomic mass is 9.94. The Kier molecular flexibility index (Phi) is 5.92. The largest absolute Gasteiger partial charge is 0.497 e. The van der Waals surface area contributed by atoms with Crippen LogP contribution in [0.2, 0.25) is 0 Å². The van der Waals surface area contributed by atoms with Gasteiger partial charge in [-0.15, -0.1) is 0 Å². The highest BCUT2D eigenvalue weighted by Crippen LogP contribution is 2.30. The Balaban J connectivity index is 1.31. The molecule has 164 valence electrons. The summed E-state index contributed by atoms with van der Waals surface area (Å²) in [5.41, 5.74) is 0.734. The summed E-state index contributed by atoms with van der Waals surface area (Å²) in [6.45, 7) is 3.12. The zero-order valence-electron chi connectivity index (χ0n) is 17.7. The monoisotopic (exact) mass is 426 g/mol. The quantitative estimate of drug-likeness (QED) is 0.786. The lowest BCUT2D eigenvalue weighted by Gasteiger charge is -2.32. The van der Waals surface area contributed by atoms with Crippen LogP contribution in [0.5, 0.6) is 5.75 Å². The average molecular weight is 426 g/mol. The molecule has 3 heterocycles. The van der Waals surface area contributed by atoms with Gasteiger partial charge in [-0.25, -0.2) is 0 Å². The topological polar surface area (TPSA) is 105 Å². The van der Waals surface area contributed by atoms with Gasteiger partial charge in [0.2, 0.25) is 17.7 Å². The molecule has 2 fully saturated rings. The second-order valence-corrected chi connectivity index (χ2v) is 8.02. The number of aromatic nitrogens is 1. The van der Waals surface area contributed by atoms with Crippen LogP contribution in [0.25, 0.3) is 0 Å². The molecule has 0 radical (unpaired) electrons. The van der Waals surface area contributed by atoms with E-state index in [2.05, 4.69) is 10.5 Å². The number of aryl methyl sites for hydroxylation is 1. The number of nitrogens with one attached hydrogen (secondary N) is 1. The molecule has 9 nitrogen and oxygen atoms in total. The molecular formula is C22H26N4O5. The second-order valence-electron chi connectivity index (χ2n) is 8.02. The summed E-state index contributed by atoms with van der Waals surface area (Å²) in [5.74, 6) is 0.949. The van der Waals surface area contributed by atoms with E-state index in [0.29, 0.717) is 49.8 Å². The van der Waals surface area contributed by atoms with Crippen molar-refractivity contribution in [3.05, 3.63) is 36.1 Å². The Bertz CT molecular complexity index is 980. The van der Waals surface area contributed by atoms with E-state index in [9.17, 15) is 14.4 Å². The summed E-state index contributed by atoms with van der Waals surface area (Å²) in [6, 6.07) is 8.95. The van der Waals surface area contributed by atoms with Crippen LogP contribution in [0.1, 0.15) is 25.0 Å². The molecule has 0 bridgehead atoms. The van der Waals surface area contributed by atoms with E-state index < -0.39 is 0 Å². The molecular weight excluding hydrogens is 400 g/mol. The van der Waals surface area contributed by atoms with Crippen molar-refractivity contribution >= 4 is 29.2 Å². The van der Waals surface area contributed by atoms with Crippen molar-refractivity contribution in [3.63, 3.8) is 0 Å². The fourth-order valence-corrected chi connectivity index (χ4v) is 4.17. The highest BCUT2D eigenvalue weighted by molar-refractivity contribution is 6.00. The van der Waals surface area contributed by atoms with Gasteiger partial charge in [0.25, 0.3) is 0 Å². The molecule has 0 spiro atoms. The van der Waals surface area contributed by atoms with Gasteiger partial charge in [-0.1, -0.05) is 11.2 Å². The minimum Gasteiger partial charge on any atom is -0.497 e. The fraction of sp³-hybridized carbons (Fsp3) is 0.455. The molecule has 2 aliphatic rings. The third-order valence-electron chi connectivity index (χ3n) is 5.90. The number of ether oxygens (including phenoxy) is 1. The minimum absolute atomic E-state index is 0.0234. The predicted octanol–water partition coefficient (Wildman–Crippen LogP) is 2.22. The van der Waals surface area contributed by atoms with Gasteiger partial charge in [-0.05, 0) is 31.9 Å². The molecule has 2 saturated heterocycles. The lowest BCUT2D eigenvalue weighted by molar-refractivity contribution is -0.138. The van der Waals surface area contributed by atoms with E-state index >= 15 is 0 Å². The van der Waals surface area contributed by atoms with Crippen molar-refractivity contribution < 1.29 is 23.6 Å². The number of hydrogen-bond donors (Lipinski definition) is 1. The fourth-order valence-electron chi connectivity index (χ4n) is 4.17. The molecule has 1 aromatic heterocycles. The number of amides is 3. The van der Waals surface area contributed by atoms with Crippen molar-refractivity contribution in [2.24, 2.45) is 11.8 Å². The van der Waals surface area contributed by atoms with E-state index in [1.165, 1.54) is 0 Å². The van der Waals surface area contributed by atoms with Crippen molar-refractivity contribution in [2.75, 3.05) is 37.0 Å². The molecule has 1 aromatic carbocycles. The van der Waals surface area contributed by atoms with Gasteiger partial charge in [-0.3, -0.25) is 14.4 Å². The van der Waals surface area contributed by atoms with Crippen LogP contribution in [-0.2, 0) is 14.4 Å². The zero-order valence-corrected chi connectivity index (χ0v) is 17.7. The molecule has 1 unspecified atom stereocenters. The second kappa shape index (κ2) is 8.79. The van der Waals surface area contributed by atoms with E-state index in [4.69, 9.17) is 9.26 Å². The third kappa shape index (κ3) is 4.55. The van der Waals surface area contributed by atoms with E-state index in [-0.39, 0.29) is 36.0 Å². The standard InChI is InChI=1S/C22H26N4O5/c1-14-10-19(24-31-14)23-21(28)15-6-8-25(9-7-15)22(29)16-11-20(27)26(13-16)17-4-3-5-18(12-17)30-2/h3-5,10,12,15-16H,6-9,11,13H2,1-2H3,(H,23,24,28). The molecule has 4 rings (SSSR count). The molecule has 1 atom stereocenters. The van der Waals surface area contributed by atoms with Gasteiger partial charge in [-0.2, -0.15) is 0 Å². The van der Waals surface area contributed by atoms with Crippen molar-refractivity contribution in [2.45, 2.75) is 26.2 Å². The average Bonchev–Trinajstić information content (AvgIpc) is 3.38. The van der Waals surface area contributed by atoms with Crippen molar-refractivity contribution in [1.82, 2.24) is 10.1 Å². The molecule has 0 aliphatic carbocycles. The first kappa shape index (κ1) is 20.9. The normalized spacial score (nSPS) is 19.5. The van der Waals surface area contributed by atoms with Crippen LogP contribution < -0.4 is 15.0 Å². The van der Waals surface area contributed by atoms with Gasteiger partial charge in [0.1, 0.15) is 11.5 Å². The summed E-state index contributed by atoms with van der Waals surface area (Å²) < 4.78 is 10.2. The van der Waals surface area contributed by atoms with Crippen molar-refractivity contribution in [3.8, 4) is 5.75 Å². The Morgan fingerprint density at radius 2 is 1.97 bits per heavy atom. The van der Waals surface area contributed by atoms with Gasteiger partial charge < -0.3 is 24.4 Å². The van der Waals surface area contributed by atoms with Gasteiger partial charge >= 0.3 is 0 Å². The maximum Gasteiger partial charge on any atom is 0.228 e. The molecule has 0 saturated carbocycles. The number of rotatable bonds is 5. The first-order valence-corrected chi connectivity index (χ1v) is 10.4. The SMILES string of the molecule is COc1cccc(N2CC(C(=O)N3CCC(C(=O)Nc4cc(C)on4)CC3)CC2=O)c1. The smallest absolute Gasteiger partial charge is 0.228 e. The number of likely N-dealkylation sites (tertiary alicyclic amines) is 1. The van der Waals surface area contributed by atoms with Crippen LogP contribution >= 0.6 is 0 Å². The number of hydrogen-bond acceptors (Lipinski definition) is 6. The van der Waals surface area contributed by atoms with Crippen LogP contribution in [0.3, 0.4) is 0 Å². The van der Waals surface area contributed by atoms with E-state index in [0.717, 1.165) is 5.69 Å². The van der Waals surface area contributed by atoms with Crippen LogP contribution in [0.15, 0.2) is 34.9 Å². The number of nitrogens with zero attached hydrogens (tertiary/aromatic N) is 3. The summed E-state index contributed by atoms with van der Waals surface area (Å²) in [4.78, 5) is 41.4. The van der Waals surface area contributed by atoms with Gasteiger partial charge in [0.15, 0.2) is 5.82 Å². The van der Waals surface area contributed by atoms with Crippen LogP contribution in [0.4, 0.5) is 11.5 Å². The highest BCUT2D eigenvalue weighted by Gasteiger charge is 2.38. The van der Waals surface area contributed by atoms with Gasteiger partial charge in [0.05, 0.1) is 13.0 Å². The molecule has 9 heteroatoms. The minimum atomic E-state index is -0.373. The Morgan fingerprint density at radius 3 is 2.65 bits per heavy atom. The van der Waals surface area contributed by atoms with Crippen LogP contribution in [0, 0.1) is 18.8 Å². The molecule has 2 aliphatic heterocycles. The summed E-state index contributed by atoms with van der Waals surface area (Å²) in [6.07, 6.45) is 1.35. The number of benzene rings is 1. The maximum absolute atomic E-state index is 13.0. The highest BCUT2D eigenvalue weighted by atomic mass is 16.5. The first-order valence-electron chi connectivity index (χ1n) is 10.4. The Labute approximate surface area is 180 Å². The Hall–Kier alpha value is -3.36. The number of piperidine rings is 1. The number of anilines is 2. The van der Waals surface area contributed by atoms with Gasteiger partial charge in [0, 0.05) is 49.8 Å². The molecule has 3 amide bonds. The summed E-state index contributed by atoms with van der Waals surface area (Å²) in [7, 11) is 1.58. The first-order chi connectivity index (χ1) is 14.9. The third-order valence-corrected chi connectivity index (χ3v) is 5.90. The number of carbonyl (C=O) groups is 3.